The average molecular weight is 289 g/mol. The molecule has 0 unspecified atom stereocenters. The van der Waals surface area contributed by atoms with E-state index in [0.29, 0.717) is 6.04 Å². The van der Waals surface area contributed by atoms with Gasteiger partial charge in [-0.05, 0) is 36.5 Å². The normalized spacial score (nSPS) is 18.0. The summed E-state index contributed by atoms with van der Waals surface area (Å²) in [4.78, 5) is 13.2. The third-order valence-electron chi connectivity index (χ3n) is 4.62. The molecule has 4 nitrogen and oxygen atoms in total. The molecule has 1 aromatic rings. The average Bonchev–Trinajstić information content (AvgIpc) is 3.13. The van der Waals surface area contributed by atoms with Gasteiger partial charge in [0.05, 0.1) is 13.2 Å². The molecule has 0 amide bonds. The van der Waals surface area contributed by atoms with E-state index in [0.717, 1.165) is 44.6 Å². The lowest BCUT2D eigenvalue weighted by atomic mass is 10.1. The van der Waals surface area contributed by atoms with Crippen molar-refractivity contribution < 1.29 is 14.6 Å². The number of aliphatic carboxylic acids is 1. The third-order valence-corrected chi connectivity index (χ3v) is 4.62. The van der Waals surface area contributed by atoms with Crippen molar-refractivity contribution in [3.05, 3.63) is 29.3 Å². The monoisotopic (exact) mass is 289 g/mol. The van der Waals surface area contributed by atoms with Gasteiger partial charge < -0.3 is 9.84 Å². The number of nitrogens with zero attached hydrogens (tertiary/aromatic N) is 1. The van der Waals surface area contributed by atoms with Crippen molar-refractivity contribution in [2.45, 2.75) is 44.6 Å². The first-order valence-electron chi connectivity index (χ1n) is 7.93. The lowest BCUT2D eigenvalue weighted by Crippen LogP contribution is -2.38. The standard InChI is InChI=1S/C17H23NO3/c19-17(20)12-18(15-3-1-2-4-15)9-7-13-5-6-16-14(11-13)8-10-21-16/h5-6,11,15H,1-4,7-10,12H2,(H,19,20). The second-order valence-electron chi connectivity index (χ2n) is 6.09. The molecule has 0 bridgehead atoms. The van der Waals surface area contributed by atoms with E-state index in [2.05, 4.69) is 23.1 Å². The van der Waals surface area contributed by atoms with Gasteiger partial charge in [0, 0.05) is 19.0 Å². The summed E-state index contributed by atoms with van der Waals surface area (Å²) in [6.45, 7) is 1.78. The van der Waals surface area contributed by atoms with Crippen molar-refractivity contribution in [1.29, 1.82) is 0 Å². The van der Waals surface area contributed by atoms with Crippen LogP contribution in [0.5, 0.6) is 5.75 Å². The number of carbonyl (C=O) groups is 1. The van der Waals surface area contributed by atoms with Crippen LogP contribution >= 0.6 is 0 Å². The number of hydrogen-bond donors (Lipinski definition) is 1. The first-order valence-corrected chi connectivity index (χ1v) is 7.93. The van der Waals surface area contributed by atoms with E-state index in [1.807, 2.05) is 0 Å². The number of rotatable bonds is 6. The fourth-order valence-corrected chi connectivity index (χ4v) is 3.50. The molecule has 0 radical (unpaired) electrons. The Balaban J connectivity index is 1.61. The molecule has 1 aliphatic heterocycles. The summed E-state index contributed by atoms with van der Waals surface area (Å²) in [7, 11) is 0. The molecule has 1 N–H and O–H groups in total. The molecule has 114 valence electrons. The maximum absolute atomic E-state index is 11.1. The van der Waals surface area contributed by atoms with Gasteiger partial charge in [-0.15, -0.1) is 0 Å². The lowest BCUT2D eigenvalue weighted by Gasteiger charge is -2.27. The summed E-state index contributed by atoms with van der Waals surface area (Å²) in [6, 6.07) is 6.83. The van der Waals surface area contributed by atoms with Crippen molar-refractivity contribution in [3.63, 3.8) is 0 Å². The van der Waals surface area contributed by atoms with Gasteiger partial charge in [-0.25, -0.2) is 0 Å². The number of benzene rings is 1. The van der Waals surface area contributed by atoms with Crippen LogP contribution < -0.4 is 4.74 Å². The van der Waals surface area contributed by atoms with Crippen LogP contribution in [0.25, 0.3) is 0 Å². The summed E-state index contributed by atoms with van der Waals surface area (Å²) in [5, 5.41) is 9.11. The van der Waals surface area contributed by atoms with Crippen LogP contribution in [0.1, 0.15) is 36.8 Å². The molecule has 3 rings (SSSR count). The molecule has 1 saturated carbocycles. The van der Waals surface area contributed by atoms with Crippen molar-refractivity contribution >= 4 is 5.97 Å². The van der Waals surface area contributed by atoms with E-state index in [4.69, 9.17) is 9.84 Å². The van der Waals surface area contributed by atoms with Crippen LogP contribution in [0.3, 0.4) is 0 Å². The summed E-state index contributed by atoms with van der Waals surface area (Å²) in [6.07, 6.45) is 6.66. The van der Waals surface area contributed by atoms with Crippen LogP contribution in [0.2, 0.25) is 0 Å². The first-order chi connectivity index (χ1) is 10.2. The van der Waals surface area contributed by atoms with E-state index in [1.54, 1.807) is 0 Å². The zero-order valence-electron chi connectivity index (χ0n) is 12.4. The second kappa shape index (κ2) is 6.48. The van der Waals surface area contributed by atoms with Crippen LogP contribution in [-0.2, 0) is 17.6 Å². The van der Waals surface area contributed by atoms with Crippen molar-refractivity contribution in [1.82, 2.24) is 4.90 Å². The number of carboxylic acid groups (broad SMARTS) is 1. The van der Waals surface area contributed by atoms with Crippen molar-refractivity contribution in [3.8, 4) is 5.75 Å². The van der Waals surface area contributed by atoms with E-state index in [9.17, 15) is 4.79 Å². The van der Waals surface area contributed by atoms with Crippen LogP contribution in [0.15, 0.2) is 18.2 Å². The van der Waals surface area contributed by atoms with E-state index in [1.165, 1.54) is 24.0 Å². The molecule has 1 aromatic carbocycles. The maximum Gasteiger partial charge on any atom is 0.317 e. The van der Waals surface area contributed by atoms with Gasteiger partial charge in [0.25, 0.3) is 0 Å². The second-order valence-corrected chi connectivity index (χ2v) is 6.09. The first kappa shape index (κ1) is 14.4. The van der Waals surface area contributed by atoms with Crippen molar-refractivity contribution in [2.75, 3.05) is 19.7 Å². The topological polar surface area (TPSA) is 49.8 Å². The highest BCUT2D eigenvalue weighted by Gasteiger charge is 2.24. The molecule has 0 aromatic heterocycles. The van der Waals surface area contributed by atoms with Crippen LogP contribution in [0.4, 0.5) is 0 Å². The Morgan fingerprint density at radius 1 is 1.33 bits per heavy atom. The number of ether oxygens (including phenoxy) is 1. The minimum Gasteiger partial charge on any atom is -0.493 e. The third kappa shape index (κ3) is 3.56. The number of fused-ring (bicyclic) bond motifs is 1. The summed E-state index contributed by atoms with van der Waals surface area (Å²) in [5.74, 6) is 0.293. The Morgan fingerprint density at radius 2 is 2.14 bits per heavy atom. The molecule has 2 aliphatic rings. The van der Waals surface area contributed by atoms with Gasteiger partial charge >= 0.3 is 5.97 Å². The lowest BCUT2D eigenvalue weighted by molar-refractivity contribution is -0.138. The summed E-state index contributed by atoms with van der Waals surface area (Å²) in [5.41, 5.74) is 2.57. The molecule has 1 heterocycles. The summed E-state index contributed by atoms with van der Waals surface area (Å²) < 4.78 is 5.52. The molecule has 1 fully saturated rings. The Hall–Kier alpha value is -1.55. The van der Waals surface area contributed by atoms with Gasteiger partial charge in [0.15, 0.2) is 0 Å². The molecule has 0 spiro atoms. The Bertz CT molecular complexity index is 509. The predicted octanol–water partition coefficient (Wildman–Crippen LogP) is 2.49. The molecule has 21 heavy (non-hydrogen) atoms. The van der Waals surface area contributed by atoms with E-state index in [-0.39, 0.29) is 6.54 Å². The zero-order chi connectivity index (χ0) is 14.7. The Labute approximate surface area is 125 Å². The molecule has 0 atom stereocenters. The molecule has 1 aliphatic carbocycles. The molecular weight excluding hydrogens is 266 g/mol. The smallest absolute Gasteiger partial charge is 0.317 e. The fraction of sp³-hybridized carbons (Fsp3) is 0.588. The van der Waals surface area contributed by atoms with Crippen LogP contribution in [0, 0.1) is 0 Å². The maximum atomic E-state index is 11.1. The van der Waals surface area contributed by atoms with Gasteiger partial charge in [0.2, 0.25) is 0 Å². The largest absolute Gasteiger partial charge is 0.493 e. The fourth-order valence-electron chi connectivity index (χ4n) is 3.50. The van der Waals surface area contributed by atoms with Crippen molar-refractivity contribution in [2.24, 2.45) is 0 Å². The quantitative estimate of drug-likeness (QED) is 0.874. The predicted molar refractivity (Wildman–Crippen MR) is 80.8 cm³/mol. The Morgan fingerprint density at radius 3 is 2.90 bits per heavy atom. The highest BCUT2D eigenvalue weighted by molar-refractivity contribution is 5.69. The number of hydrogen-bond acceptors (Lipinski definition) is 3. The van der Waals surface area contributed by atoms with Crippen LogP contribution in [-0.4, -0.2) is 41.7 Å². The highest BCUT2D eigenvalue weighted by atomic mass is 16.5. The molecule has 4 heteroatoms. The molecule has 0 saturated heterocycles. The minimum absolute atomic E-state index is 0.165. The van der Waals surface area contributed by atoms with Gasteiger partial charge in [-0.2, -0.15) is 0 Å². The van der Waals surface area contributed by atoms with E-state index < -0.39 is 5.97 Å². The van der Waals surface area contributed by atoms with Gasteiger partial charge in [-0.3, -0.25) is 9.69 Å². The van der Waals surface area contributed by atoms with Gasteiger partial charge in [-0.1, -0.05) is 25.0 Å². The minimum atomic E-state index is -0.718. The van der Waals surface area contributed by atoms with E-state index >= 15 is 0 Å². The van der Waals surface area contributed by atoms with Gasteiger partial charge in [0.1, 0.15) is 5.75 Å². The molecular formula is C17H23NO3. The SMILES string of the molecule is O=C(O)CN(CCc1ccc2c(c1)CCO2)C1CCCC1. The summed E-state index contributed by atoms with van der Waals surface area (Å²) >= 11 is 0. The zero-order valence-corrected chi connectivity index (χ0v) is 12.4. The number of carboxylic acids is 1. The highest BCUT2D eigenvalue weighted by Crippen LogP contribution is 2.27. The Kier molecular flexibility index (Phi) is 4.44.